The van der Waals surface area contributed by atoms with Gasteiger partial charge in [-0.3, -0.25) is 4.79 Å². The van der Waals surface area contributed by atoms with E-state index in [1.807, 2.05) is 0 Å². The molecule has 0 aliphatic rings. The van der Waals surface area contributed by atoms with Gasteiger partial charge in [-0.1, -0.05) is 12.1 Å². The van der Waals surface area contributed by atoms with Crippen LogP contribution in [-0.4, -0.2) is 24.7 Å². The van der Waals surface area contributed by atoms with Gasteiger partial charge in [0.05, 0.1) is 13.2 Å². The first kappa shape index (κ1) is 17.5. The van der Waals surface area contributed by atoms with Gasteiger partial charge in [0.15, 0.2) is 0 Å². The standard InChI is InChI=1S/C18H23NO3S/c1-13-6-11-16(23-13)4-3-5-18(21)19-12-17(20)14-7-9-15(22-2)10-8-14/h6-11,17,20H,3-5,12H2,1-2H3,(H,19,21). The lowest BCUT2D eigenvalue weighted by atomic mass is 10.1. The number of amides is 1. The van der Waals surface area contributed by atoms with E-state index >= 15 is 0 Å². The zero-order valence-electron chi connectivity index (χ0n) is 13.5. The second-order valence-corrected chi connectivity index (χ2v) is 6.83. The Hall–Kier alpha value is -1.85. The van der Waals surface area contributed by atoms with Gasteiger partial charge in [0.25, 0.3) is 0 Å². The fourth-order valence-corrected chi connectivity index (χ4v) is 3.22. The molecule has 1 aromatic heterocycles. The molecule has 2 aromatic rings. The third-order valence-corrected chi connectivity index (χ3v) is 4.68. The molecule has 1 atom stereocenters. The molecular formula is C18H23NO3S. The van der Waals surface area contributed by atoms with Gasteiger partial charge < -0.3 is 15.2 Å². The van der Waals surface area contributed by atoms with E-state index in [2.05, 4.69) is 24.4 Å². The van der Waals surface area contributed by atoms with E-state index < -0.39 is 6.10 Å². The number of hydrogen-bond acceptors (Lipinski definition) is 4. The molecule has 0 fully saturated rings. The third-order valence-electron chi connectivity index (χ3n) is 3.62. The Morgan fingerprint density at radius 3 is 2.61 bits per heavy atom. The van der Waals surface area contributed by atoms with Crippen LogP contribution in [0.1, 0.15) is 34.3 Å². The average molecular weight is 333 g/mol. The monoisotopic (exact) mass is 333 g/mol. The van der Waals surface area contributed by atoms with Gasteiger partial charge in [0, 0.05) is 22.7 Å². The van der Waals surface area contributed by atoms with Crippen molar-refractivity contribution in [3.63, 3.8) is 0 Å². The molecule has 0 saturated heterocycles. The van der Waals surface area contributed by atoms with Gasteiger partial charge in [0.1, 0.15) is 5.75 Å². The summed E-state index contributed by atoms with van der Waals surface area (Å²) in [4.78, 5) is 14.4. The summed E-state index contributed by atoms with van der Waals surface area (Å²) < 4.78 is 5.08. The summed E-state index contributed by atoms with van der Waals surface area (Å²) in [6.45, 7) is 2.31. The number of benzene rings is 1. The number of carbonyl (C=O) groups excluding carboxylic acids is 1. The predicted octanol–water partition coefficient (Wildman–Crippen LogP) is 3.24. The summed E-state index contributed by atoms with van der Waals surface area (Å²) in [6.07, 6.45) is 1.52. The Morgan fingerprint density at radius 1 is 1.26 bits per heavy atom. The fourth-order valence-electron chi connectivity index (χ4n) is 2.29. The molecule has 0 bridgehead atoms. The molecule has 1 heterocycles. The number of aliphatic hydroxyl groups is 1. The zero-order valence-corrected chi connectivity index (χ0v) is 14.4. The van der Waals surface area contributed by atoms with Gasteiger partial charge in [-0.05, 0) is 49.6 Å². The van der Waals surface area contributed by atoms with Crippen LogP contribution in [0.4, 0.5) is 0 Å². The number of rotatable bonds is 8. The van der Waals surface area contributed by atoms with Crippen molar-refractivity contribution in [3.05, 3.63) is 51.7 Å². The van der Waals surface area contributed by atoms with E-state index in [0.29, 0.717) is 6.42 Å². The Morgan fingerprint density at radius 2 is 2.00 bits per heavy atom. The van der Waals surface area contributed by atoms with Crippen LogP contribution >= 0.6 is 11.3 Å². The lowest BCUT2D eigenvalue weighted by Crippen LogP contribution is -2.28. The first-order valence-electron chi connectivity index (χ1n) is 7.72. The molecule has 1 unspecified atom stereocenters. The molecular weight excluding hydrogens is 310 g/mol. The highest BCUT2D eigenvalue weighted by molar-refractivity contribution is 7.11. The summed E-state index contributed by atoms with van der Waals surface area (Å²) in [5.74, 6) is 0.722. The van der Waals surface area contributed by atoms with Crippen LogP contribution in [0.3, 0.4) is 0 Å². The third kappa shape index (κ3) is 5.69. The van der Waals surface area contributed by atoms with Gasteiger partial charge in [0.2, 0.25) is 5.91 Å². The number of thiophene rings is 1. The summed E-state index contributed by atoms with van der Waals surface area (Å²) >= 11 is 1.78. The summed E-state index contributed by atoms with van der Waals surface area (Å²) in [5.41, 5.74) is 0.764. The highest BCUT2D eigenvalue weighted by Gasteiger charge is 2.10. The quantitative estimate of drug-likeness (QED) is 0.780. The molecule has 0 aliphatic carbocycles. The maximum Gasteiger partial charge on any atom is 0.220 e. The van der Waals surface area contributed by atoms with Crippen molar-refractivity contribution in [2.24, 2.45) is 0 Å². The van der Waals surface area contributed by atoms with E-state index in [4.69, 9.17) is 4.74 Å². The number of nitrogens with one attached hydrogen (secondary N) is 1. The Balaban J connectivity index is 1.68. The van der Waals surface area contributed by atoms with Gasteiger partial charge in [-0.2, -0.15) is 0 Å². The van der Waals surface area contributed by atoms with E-state index in [9.17, 15) is 9.90 Å². The Kier molecular flexibility index (Phi) is 6.62. The fraction of sp³-hybridized carbons (Fsp3) is 0.389. The minimum atomic E-state index is -0.704. The second-order valence-electron chi connectivity index (χ2n) is 5.46. The number of carbonyl (C=O) groups is 1. The molecule has 2 N–H and O–H groups in total. The molecule has 0 spiro atoms. The number of aliphatic hydroxyl groups excluding tert-OH is 1. The van der Waals surface area contributed by atoms with Crippen molar-refractivity contribution in [1.82, 2.24) is 5.32 Å². The zero-order chi connectivity index (χ0) is 16.7. The van der Waals surface area contributed by atoms with Crippen molar-refractivity contribution in [3.8, 4) is 5.75 Å². The second kappa shape index (κ2) is 8.70. The normalized spacial score (nSPS) is 12.0. The van der Waals surface area contributed by atoms with Gasteiger partial charge >= 0.3 is 0 Å². The van der Waals surface area contributed by atoms with E-state index in [1.54, 1.807) is 42.7 Å². The molecule has 0 saturated carbocycles. The van der Waals surface area contributed by atoms with Crippen molar-refractivity contribution < 1.29 is 14.6 Å². The Bertz CT molecular complexity index is 621. The number of aryl methyl sites for hydroxylation is 2. The number of hydrogen-bond donors (Lipinski definition) is 2. The number of ether oxygens (including phenoxy) is 1. The maximum absolute atomic E-state index is 11.8. The predicted molar refractivity (Wildman–Crippen MR) is 93.0 cm³/mol. The van der Waals surface area contributed by atoms with Crippen LogP contribution in [0.2, 0.25) is 0 Å². The van der Waals surface area contributed by atoms with Gasteiger partial charge in [-0.15, -0.1) is 11.3 Å². The topological polar surface area (TPSA) is 58.6 Å². The SMILES string of the molecule is COc1ccc(C(O)CNC(=O)CCCc2ccc(C)s2)cc1. The van der Waals surface area contributed by atoms with Crippen LogP contribution in [0, 0.1) is 6.92 Å². The lowest BCUT2D eigenvalue weighted by Gasteiger charge is -2.12. The average Bonchev–Trinajstić information content (AvgIpc) is 2.98. The molecule has 1 amide bonds. The van der Waals surface area contributed by atoms with Crippen LogP contribution < -0.4 is 10.1 Å². The maximum atomic E-state index is 11.8. The van der Waals surface area contributed by atoms with Crippen LogP contribution in [0.5, 0.6) is 5.75 Å². The van der Waals surface area contributed by atoms with E-state index in [-0.39, 0.29) is 12.5 Å². The summed E-state index contributed by atoms with van der Waals surface area (Å²) in [5, 5.41) is 12.9. The number of methoxy groups -OCH3 is 1. The summed E-state index contributed by atoms with van der Waals surface area (Å²) in [7, 11) is 1.60. The van der Waals surface area contributed by atoms with Gasteiger partial charge in [-0.25, -0.2) is 0 Å². The van der Waals surface area contributed by atoms with E-state index in [0.717, 1.165) is 24.2 Å². The molecule has 5 heteroatoms. The van der Waals surface area contributed by atoms with Crippen molar-refractivity contribution in [2.45, 2.75) is 32.3 Å². The highest BCUT2D eigenvalue weighted by atomic mass is 32.1. The molecule has 1 aromatic carbocycles. The molecule has 2 rings (SSSR count). The first-order chi connectivity index (χ1) is 11.1. The lowest BCUT2D eigenvalue weighted by molar-refractivity contribution is -0.121. The van der Waals surface area contributed by atoms with E-state index in [1.165, 1.54) is 9.75 Å². The van der Waals surface area contributed by atoms with Crippen molar-refractivity contribution in [2.75, 3.05) is 13.7 Å². The molecule has 124 valence electrons. The van der Waals surface area contributed by atoms with Crippen LogP contribution in [0.25, 0.3) is 0 Å². The molecule has 0 aliphatic heterocycles. The van der Waals surface area contributed by atoms with Crippen LogP contribution in [0.15, 0.2) is 36.4 Å². The molecule has 4 nitrogen and oxygen atoms in total. The van der Waals surface area contributed by atoms with Crippen molar-refractivity contribution >= 4 is 17.2 Å². The highest BCUT2D eigenvalue weighted by Crippen LogP contribution is 2.18. The first-order valence-corrected chi connectivity index (χ1v) is 8.54. The summed E-state index contributed by atoms with van der Waals surface area (Å²) in [6, 6.07) is 11.4. The van der Waals surface area contributed by atoms with Crippen LogP contribution in [-0.2, 0) is 11.2 Å². The van der Waals surface area contributed by atoms with Crippen molar-refractivity contribution in [1.29, 1.82) is 0 Å². The minimum absolute atomic E-state index is 0.0224. The Labute approximate surface area is 141 Å². The minimum Gasteiger partial charge on any atom is -0.497 e. The smallest absolute Gasteiger partial charge is 0.220 e. The largest absolute Gasteiger partial charge is 0.497 e. The molecule has 0 radical (unpaired) electrons. The molecule has 23 heavy (non-hydrogen) atoms.